The van der Waals surface area contributed by atoms with E-state index in [4.69, 9.17) is 5.73 Å². The summed E-state index contributed by atoms with van der Waals surface area (Å²) in [5, 5.41) is 13.0. The number of fused-ring (bicyclic) bond motifs is 2. The zero-order valence-electron chi connectivity index (χ0n) is 19.7. The van der Waals surface area contributed by atoms with Gasteiger partial charge in [-0.05, 0) is 25.5 Å². The van der Waals surface area contributed by atoms with Crippen LogP contribution in [0.15, 0.2) is 35.5 Å². The van der Waals surface area contributed by atoms with Crippen molar-refractivity contribution in [3.05, 3.63) is 46.9 Å². The van der Waals surface area contributed by atoms with E-state index in [9.17, 15) is 4.79 Å². The fourth-order valence-electron chi connectivity index (χ4n) is 4.68. The first-order valence-electron chi connectivity index (χ1n) is 11.9. The van der Waals surface area contributed by atoms with Gasteiger partial charge in [-0.1, -0.05) is 19.8 Å². The molecule has 0 atom stereocenters. The zero-order chi connectivity index (χ0) is 24.1. The molecule has 3 N–H and O–H groups in total. The Bertz CT molecular complexity index is 1580. The van der Waals surface area contributed by atoms with Gasteiger partial charge in [0.2, 0.25) is 11.7 Å². The lowest BCUT2D eigenvalue weighted by molar-refractivity contribution is 0.363. The van der Waals surface area contributed by atoms with Gasteiger partial charge in [0, 0.05) is 37.6 Å². The van der Waals surface area contributed by atoms with Crippen LogP contribution in [-0.4, -0.2) is 57.0 Å². The Morgan fingerprint density at radius 3 is 2.89 bits per heavy atom. The van der Waals surface area contributed by atoms with Gasteiger partial charge in [-0.15, -0.1) is 10.2 Å². The molecule has 1 aliphatic heterocycles. The first-order valence-corrected chi connectivity index (χ1v) is 11.9. The highest BCUT2D eigenvalue weighted by Crippen LogP contribution is 2.28. The second-order valence-corrected chi connectivity index (χ2v) is 9.04. The number of aromatic amines is 1. The van der Waals surface area contributed by atoms with Crippen LogP contribution in [0, 0.1) is 6.92 Å². The van der Waals surface area contributed by atoms with Crippen molar-refractivity contribution in [3.63, 3.8) is 0 Å². The van der Waals surface area contributed by atoms with E-state index in [-0.39, 0.29) is 11.6 Å². The Morgan fingerprint density at radius 1 is 1.23 bits per heavy atom. The second kappa shape index (κ2) is 8.22. The summed E-state index contributed by atoms with van der Waals surface area (Å²) in [4.78, 5) is 27.2. The van der Waals surface area contributed by atoms with E-state index in [0.29, 0.717) is 28.9 Å². The molecule has 1 saturated heterocycles. The van der Waals surface area contributed by atoms with Gasteiger partial charge >= 0.3 is 0 Å². The lowest BCUT2D eigenvalue weighted by atomic mass is 10.1. The van der Waals surface area contributed by atoms with Crippen LogP contribution < -0.4 is 16.2 Å². The lowest BCUT2D eigenvalue weighted by Gasteiger charge is -2.39. The van der Waals surface area contributed by atoms with Crippen LogP contribution in [0.25, 0.3) is 28.1 Å². The van der Waals surface area contributed by atoms with E-state index in [1.54, 1.807) is 23.6 Å². The molecule has 0 aliphatic carbocycles. The van der Waals surface area contributed by atoms with E-state index < -0.39 is 0 Å². The van der Waals surface area contributed by atoms with Crippen LogP contribution in [0.5, 0.6) is 0 Å². The number of nitrogens with one attached hydrogen (secondary N) is 1. The molecule has 5 aromatic rings. The van der Waals surface area contributed by atoms with Crippen LogP contribution in [-0.2, 0) is 6.54 Å². The molecule has 1 aliphatic rings. The monoisotopic (exact) mass is 473 g/mol. The molecule has 180 valence electrons. The molecule has 0 bridgehead atoms. The molecule has 1 fully saturated rings. The molecule has 12 heteroatoms. The Kier molecular flexibility index (Phi) is 5.01. The van der Waals surface area contributed by atoms with Crippen molar-refractivity contribution < 1.29 is 0 Å². The summed E-state index contributed by atoms with van der Waals surface area (Å²) in [6.07, 6.45) is 8.73. The minimum absolute atomic E-state index is 0.139. The molecule has 0 aromatic carbocycles. The second-order valence-electron chi connectivity index (χ2n) is 9.04. The SMILES string of the molecule is CCCCCn1c2cc(-c3cnn(C4CN(c5nccc(N)n5)C4)c3)[nH]c2c(=O)n2c(C)nnc12. The van der Waals surface area contributed by atoms with Gasteiger partial charge in [0.1, 0.15) is 17.2 Å². The van der Waals surface area contributed by atoms with Crippen LogP contribution in [0.4, 0.5) is 11.8 Å². The summed E-state index contributed by atoms with van der Waals surface area (Å²) < 4.78 is 5.63. The smallest absolute Gasteiger partial charge is 0.284 e. The Balaban J connectivity index is 1.31. The van der Waals surface area contributed by atoms with Crippen LogP contribution in [0.1, 0.15) is 38.1 Å². The van der Waals surface area contributed by atoms with Crippen molar-refractivity contribution in [1.82, 2.24) is 43.9 Å². The number of rotatable bonds is 7. The van der Waals surface area contributed by atoms with E-state index in [2.05, 4.69) is 46.6 Å². The number of hydrogen-bond donors (Lipinski definition) is 2. The molecule has 0 radical (unpaired) electrons. The number of aromatic nitrogens is 9. The van der Waals surface area contributed by atoms with Crippen molar-refractivity contribution in [2.24, 2.45) is 0 Å². The van der Waals surface area contributed by atoms with Crippen molar-refractivity contribution in [1.29, 1.82) is 0 Å². The lowest BCUT2D eigenvalue weighted by Crippen LogP contribution is -2.48. The highest BCUT2D eigenvalue weighted by atomic mass is 16.1. The third-order valence-electron chi connectivity index (χ3n) is 6.64. The van der Waals surface area contributed by atoms with E-state index >= 15 is 0 Å². The molecule has 0 saturated carbocycles. The number of unbranched alkanes of at least 4 members (excludes halogenated alkanes) is 2. The van der Waals surface area contributed by atoms with Gasteiger partial charge in [0.05, 0.1) is 23.4 Å². The van der Waals surface area contributed by atoms with Crippen LogP contribution in [0.2, 0.25) is 0 Å². The largest absolute Gasteiger partial charge is 0.384 e. The molecule has 35 heavy (non-hydrogen) atoms. The summed E-state index contributed by atoms with van der Waals surface area (Å²) in [7, 11) is 0. The summed E-state index contributed by atoms with van der Waals surface area (Å²) >= 11 is 0. The molecule has 0 unspecified atom stereocenters. The number of hydrogen-bond acceptors (Lipinski definition) is 8. The van der Waals surface area contributed by atoms with Gasteiger partial charge in [0.25, 0.3) is 5.56 Å². The normalized spacial score (nSPS) is 14.3. The number of anilines is 2. The van der Waals surface area contributed by atoms with Crippen LogP contribution >= 0.6 is 0 Å². The van der Waals surface area contributed by atoms with Crippen molar-refractivity contribution in [2.45, 2.75) is 45.7 Å². The number of nitrogens with two attached hydrogens (primary N) is 1. The number of nitrogen functional groups attached to an aromatic ring is 1. The minimum atomic E-state index is -0.139. The highest BCUT2D eigenvalue weighted by Gasteiger charge is 2.31. The number of H-pyrrole nitrogens is 1. The Hall–Kier alpha value is -4.22. The molecule has 5 aromatic heterocycles. The summed E-state index contributed by atoms with van der Waals surface area (Å²) in [5.74, 6) is 2.26. The van der Waals surface area contributed by atoms with Gasteiger partial charge in [-0.3, -0.25) is 9.48 Å². The maximum Gasteiger partial charge on any atom is 0.284 e. The van der Waals surface area contributed by atoms with Gasteiger partial charge < -0.3 is 20.2 Å². The fraction of sp³-hybridized carbons (Fsp3) is 0.391. The topological polar surface area (TPSA) is 141 Å². The predicted octanol–water partition coefficient (Wildman–Crippen LogP) is 2.17. The van der Waals surface area contributed by atoms with Gasteiger partial charge in [0.15, 0.2) is 0 Å². The van der Waals surface area contributed by atoms with Gasteiger partial charge in [-0.2, -0.15) is 10.1 Å². The first kappa shape index (κ1) is 21.3. The van der Waals surface area contributed by atoms with E-state index in [0.717, 1.165) is 55.7 Å². The molecular weight excluding hydrogens is 446 g/mol. The number of aryl methyl sites for hydroxylation is 2. The summed E-state index contributed by atoms with van der Waals surface area (Å²) in [6.45, 7) is 6.25. The third-order valence-corrected chi connectivity index (χ3v) is 6.64. The molecule has 6 rings (SSSR count). The Labute approximate surface area is 200 Å². The minimum Gasteiger partial charge on any atom is -0.384 e. The Morgan fingerprint density at radius 2 is 2.09 bits per heavy atom. The van der Waals surface area contributed by atoms with Crippen molar-refractivity contribution >= 4 is 28.6 Å². The maximum atomic E-state index is 13.3. The standard InChI is InChI=1S/C23H27N11O/c1-3-4-5-8-32-18-9-17(27-20(18)21(35)34-14(2)29-30-23(32)34)15-10-26-33(11-15)16-12-31(13-16)22-25-7-6-19(24)28-22/h6-7,9-11,16,27H,3-5,8,12-13H2,1-2H3,(H2,24,25,28). The summed E-state index contributed by atoms with van der Waals surface area (Å²) in [5.41, 5.74) is 8.80. The summed E-state index contributed by atoms with van der Waals surface area (Å²) in [6, 6.07) is 3.91. The third kappa shape index (κ3) is 3.52. The van der Waals surface area contributed by atoms with Crippen LogP contribution in [0.3, 0.4) is 0 Å². The average molecular weight is 474 g/mol. The zero-order valence-corrected chi connectivity index (χ0v) is 19.7. The molecule has 12 nitrogen and oxygen atoms in total. The quantitative estimate of drug-likeness (QED) is 0.343. The molecular formula is C23H27N11O. The fourth-order valence-corrected chi connectivity index (χ4v) is 4.68. The molecule has 0 amide bonds. The maximum absolute atomic E-state index is 13.3. The van der Waals surface area contributed by atoms with E-state index in [1.807, 2.05) is 23.1 Å². The molecule has 6 heterocycles. The van der Waals surface area contributed by atoms with Crippen molar-refractivity contribution in [3.8, 4) is 11.3 Å². The van der Waals surface area contributed by atoms with E-state index in [1.165, 1.54) is 0 Å². The van der Waals surface area contributed by atoms with Gasteiger partial charge in [-0.25, -0.2) is 9.38 Å². The highest BCUT2D eigenvalue weighted by molar-refractivity contribution is 5.83. The number of nitrogens with zero attached hydrogens (tertiary/aromatic N) is 9. The first-order chi connectivity index (χ1) is 17.0. The average Bonchev–Trinajstić information content (AvgIpc) is 3.54. The van der Waals surface area contributed by atoms with Crippen molar-refractivity contribution in [2.75, 3.05) is 23.7 Å². The molecule has 0 spiro atoms. The predicted molar refractivity (Wildman–Crippen MR) is 132 cm³/mol.